The van der Waals surface area contributed by atoms with Gasteiger partial charge in [0.15, 0.2) is 0 Å². The van der Waals surface area contributed by atoms with E-state index >= 15 is 0 Å². The standard InChI is InChI=1S/C22H20B2ClF2N3O4/c23-14-8-12(2-4-15(14)25)22(26,27)21(34)29-18(24)10-1-3-13-11(7-10)9-30(20(13)33)16-5-6-17(31)28-19(16)32/h1-4,7-8,16,18H,5-6,9,23-24H2,(H,29,34)(H,28,31,32). The molecule has 2 unspecified atom stereocenters. The molecule has 4 amide bonds. The van der Waals surface area contributed by atoms with E-state index in [1.807, 2.05) is 0 Å². The number of nitrogens with zero attached hydrogens (tertiary/aromatic N) is 1. The molecule has 174 valence electrons. The van der Waals surface area contributed by atoms with Gasteiger partial charge in [0.25, 0.3) is 11.8 Å². The van der Waals surface area contributed by atoms with Gasteiger partial charge >= 0.3 is 5.92 Å². The zero-order valence-electron chi connectivity index (χ0n) is 18.5. The SMILES string of the molecule is Bc1cc(C(F)(F)C(=O)NC(B)c2ccc3c(c2)CN(C2CCC(=O)NC2=O)C3=O)ccc1Cl. The molecule has 7 nitrogen and oxygen atoms in total. The molecule has 1 fully saturated rings. The zero-order chi connectivity index (χ0) is 24.8. The van der Waals surface area contributed by atoms with Crippen molar-refractivity contribution in [1.29, 1.82) is 0 Å². The van der Waals surface area contributed by atoms with Crippen molar-refractivity contribution in [1.82, 2.24) is 15.5 Å². The first kappa shape index (κ1) is 23.9. The molecule has 1 saturated heterocycles. The highest BCUT2D eigenvalue weighted by atomic mass is 35.5. The number of piperidine rings is 1. The average molecular weight is 485 g/mol. The number of alkyl halides is 2. The first-order valence-electron chi connectivity index (χ1n) is 10.7. The van der Waals surface area contributed by atoms with Crippen molar-refractivity contribution in [3.8, 4) is 0 Å². The van der Waals surface area contributed by atoms with E-state index in [2.05, 4.69) is 10.6 Å². The second-order valence-electron chi connectivity index (χ2n) is 8.55. The Hall–Kier alpha value is -3.20. The summed E-state index contributed by atoms with van der Waals surface area (Å²) in [6.07, 6.45) is 0.384. The molecule has 12 heteroatoms. The highest BCUT2D eigenvalue weighted by Gasteiger charge is 2.42. The van der Waals surface area contributed by atoms with Gasteiger partial charge in [0.2, 0.25) is 11.8 Å². The lowest BCUT2D eigenvalue weighted by atomic mass is 9.86. The van der Waals surface area contributed by atoms with Crippen LogP contribution in [-0.2, 0) is 26.9 Å². The highest BCUT2D eigenvalue weighted by molar-refractivity contribution is 6.45. The summed E-state index contributed by atoms with van der Waals surface area (Å²) < 4.78 is 29.5. The Morgan fingerprint density at radius 2 is 1.94 bits per heavy atom. The van der Waals surface area contributed by atoms with Gasteiger partial charge in [-0.3, -0.25) is 24.5 Å². The van der Waals surface area contributed by atoms with Gasteiger partial charge in [-0.2, -0.15) is 8.78 Å². The van der Waals surface area contributed by atoms with Crippen LogP contribution < -0.4 is 16.1 Å². The van der Waals surface area contributed by atoms with Crippen LogP contribution in [0.25, 0.3) is 0 Å². The lowest BCUT2D eigenvalue weighted by molar-refractivity contribution is -0.147. The molecule has 2 aliphatic heterocycles. The summed E-state index contributed by atoms with van der Waals surface area (Å²) in [6, 6.07) is 7.67. The van der Waals surface area contributed by atoms with Gasteiger partial charge in [0, 0.05) is 35.1 Å². The molecule has 0 aromatic heterocycles. The summed E-state index contributed by atoms with van der Waals surface area (Å²) in [4.78, 5) is 50.2. The van der Waals surface area contributed by atoms with Gasteiger partial charge in [-0.15, -0.1) is 0 Å². The van der Waals surface area contributed by atoms with Crippen LogP contribution in [0, 0.1) is 0 Å². The van der Waals surface area contributed by atoms with Crippen LogP contribution in [0.4, 0.5) is 8.78 Å². The Bertz CT molecular complexity index is 1230. The molecule has 34 heavy (non-hydrogen) atoms. The third-order valence-electron chi connectivity index (χ3n) is 6.20. The number of carbonyl (C=O) groups excluding carboxylic acids is 4. The van der Waals surface area contributed by atoms with Crippen molar-refractivity contribution in [2.24, 2.45) is 0 Å². The van der Waals surface area contributed by atoms with Crippen LogP contribution in [0.1, 0.15) is 45.8 Å². The molecule has 2 aromatic rings. The predicted molar refractivity (Wildman–Crippen MR) is 125 cm³/mol. The Kier molecular flexibility index (Phi) is 6.24. The number of nitrogens with one attached hydrogen (secondary N) is 2. The van der Waals surface area contributed by atoms with E-state index in [9.17, 15) is 28.0 Å². The monoisotopic (exact) mass is 485 g/mol. The topological polar surface area (TPSA) is 95.6 Å². The number of carbonyl (C=O) groups is 4. The molecule has 2 N–H and O–H groups in total. The summed E-state index contributed by atoms with van der Waals surface area (Å²) >= 11 is 5.90. The van der Waals surface area contributed by atoms with Crippen LogP contribution in [-0.4, -0.2) is 50.3 Å². The molecular formula is C22H20B2ClF2N3O4. The second-order valence-corrected chi connectivity index (χ2v) is 8.96. The summed E-state index contributed by atoms with van der Waals surface area (Å²) in [6.45, 7) is 0.148. The van der Waals surface area contributed by atoms with Crippen LogP contribution in [0.5, 0.6) is 0 Å². The van der Waals surface area contributed by atoms with E-state index in [1.165, 1.54) is 17.0 Å². The number of imide groups is 1. The maximum absolute atomic E-state index is 14.8. The number of hydrogen-bond acceptors (Lipinski definition) is 4. The van der Waals surface area contributed by atoms with Gasteiger partial charge in [-0.1, -0.05) is 41.3 Å². The van der Waals surface area contributed by atoms with Crippen molar-refractivity contribution in [3.05, 3.63) is 63.7 Å². The molecule has 0 saturated carbocycles. The average Bonchev–Trinajstić information content (AvgIpc) is 3.11. The van der Waals surface area contributed by atoms with E-state index in [0.29, 0.717) is 27.2 Å². The fourth-order valence-electron chi connectivity index (χ4n) is 4.21. The second kappa shape index (κ2) is 8.87. The number of rotatable bonds is 5. The van der Waals surface area contributed by atoms with E-state index < -0.39 is 35.3 Å². The van der Waals surface area contributed by atoms with Crippen molar-refractivity contribution in [2.75, 3.05) is 0 Å². The maximum Gasteiger partial charge on any atom is 0.349 e. The van der Waals surface area contributed by atoms with Crippen LogP contribution in [0.2, 0.25) is 5.02 Å². The van der Waals surface area contributed by atoms with E-state index in [4.69, 9.17) is 11.6 Å². The smallest absolute Gasteiger partial charge is 0.349 e. The first-order chi connectivity index (χ1) is 16.0. The number of fused-ring (bicyclic) bond motifs is 1. The predicted octanol–water partition coefficient (Wildman–Crippen LogP) is -0.101. The van der Waals surface area contributed by atoms with Crippen LogP contribution in [0.15, 0.2) is 36.4 Å². The number of amides is 4. The third kappa shape index (κ3) is 4.32. The third-order valence-corrected chi connectivity index (χ3v) is 6.62. The lowest BCUT2D eigenvalue weighted by Gasteiger charge is -2.29. The van der Waals surface area contributed by atoms with E-state index in [-0.39, 0.29) is 31.2 Å². The van der Waals surface area contributed by atoms with Gasteiger partial charge in [-0.25, -0.2) is 0 Å². The number of benzene rings is 2. The fourth-order valence-corrected chi connectivity index (χ4v) is 4.32. The van der Waals surface area contributed by atoms with Crippen molar-refractivity contribution < 1.29 is 28.0 Å². The van der Waals surface area contributed by atoms with Gasteiger partial charge in [0.05, 0.1) is 0 Å². The molecule has 4 rings (SSSR count). The van der Waals surface area contributed by atoms with Gasteiger partial charge in [-0.05, 0) is 29.7 Å². The van der Waals surface area contributed by atoms with Crippen molar-refractivity contribution >= 4 is 56.4 Å². The molecule has 0 bridgehead atoms. The molecule has 2 aromatic carbocycles. The molecule has 2 atom stereocenters. The zero-order valence-corrected chi connectivity index (χ0v) is 19.2. The summed E-state index contributed by atoms with van der Waals surface area (Å²) in [5, 5.41) is 4.90. The quantitative estimate of drug-likeness (QED) is 0.457. The van der Waals surface area contributed by atoms with Crippen molar-refractivity contribution in [3.63, 3.8) is 0 Å². The Balaban J connectivity index is 1.49. The Morgan fingerprint density at radius 1 is 1.21 bits per heavy atom. The first-order valence-corrected chi connectivity index (χ1v) is 11.1. The molecule has 2 heterocycles. The summed E-state index contributed by atoms with van der Waals surface area (Å²) in [5.41, 5.74) is 1.53. The lowest BCUT2D eigenvalue weighted by Crippen LogP contribution is -2.52. The van der Waals surface area contributed by atoms with Gasteiger partial charge < -0.3 is 10.2 Å². The molecule has 0 spiro atoms. The molecule has 0 aliphatic carbocycles. The minimum absolute atomic E-state index is 0.145. The minimum Gasteiger partial charge on any atom is -0.352 e. The largest absolute Gasteiger partial charge is 0.352 e. The molecule has 0 radical (unpaired) electrons. The Labute approximate surface area is 201 Å². The van der Waals surface area contributed by atoms with E-state index in [1.54, 1.807) is 33.9 Å². The summed E-state index contributed by atoms with van der Waals surface area (Å²) in [7, 11) is 3.14. The maximum atomic E-state index is 14.8. The molecular weight excluding hydrogens is 465 g/mol. The highest BCUT2D eigenvalue weighted by Crippen LogP contribution is 2.31. The van der Waals surface area contributed by atoms with Crippen LogP contribution in [0.3, 0.4) is 0 Å². The number of hydrogen-bond donors (Lipinski definition) is 2. The van der Waals surface area contributed by atoms with E-state index in [0.717, 1.165) is 6.07 Å². The minimum atomic E-state index is -3.76. The molecule has 2 aliphatic rings. The van der Waals surface area contributed by atoms with Crippen molar-refractivity contribution in [2.45, 2.75) is 37.3 Å². The number of halogens is 3. The fraction of sp³-hybridized carbons (Fsp3) is 0.273. The van der Waals surface area contributed by atoms with Gasteiger partial charge in [0.1, 0.15) is 21.7 Å². The van der Waals surface area contributed by atoms with Crippen LogP contribution >= 0.6 is 11.6 Å². The summed E-state index contributed by atoms with van der Waals surface area (Å²) in [5.74, 6) is -7.21. The normalized spacial score (nSPS) is 19.0. The Morgan fingerprint density at radius 3 is 2.62 bits per heavy atom.